The molecule has 0 aliphatic rings. The van der Waals surface area contributed by atoms with Gasteiger partial charge in [0.25, 0.3) is 0 Å². The van der Waals surface area contributed by atoms with E-state index in [0.29, 0.717) is 6.54 Å². The third kappa shape index (κ3) is 4.95. The molecule has 3 N–H and O–H groups in total. The predicted octanol–water partition coefficient (Wildman–Crippen LogP) is 0.131. The highest BCUT2D eigenvalue weighted by Crippen LogP contribution is 2.05. The van der Waals surface area contributed by atoms with Crippen LogP contribution in [-0.2, 0) is 23.0 Å². The molecule has 0 saturated heterocycles. The van der Waals surface area contributed by atoms with Crippen molar-refractivity contribution in [1.29, 1.82) is 5.26 Å². The zero-order chi connectivity index (χ0) is 12.7. The summed E-state index contributed by atoms with van der Waals surface area (Å²) in [6, 6.07) is 9.13. The highest BCUT2D eigenvalue weighted by Gasteiger charge is 2.08. The Labute approximate surface area is 101 Å². The SMILES string of the molecule is N#CCS(=O)(=O)NCc1ccc(CCN)cc1. The Hall–Kier alpha value is -1.42. The van der Waals surface area contributed by atoms with Crippen molar-refractivity contribution in [2.45, 2.75) is 13.0 Å². The summed E-state index contributed by atoms with van der Waals surface area (Å²) in [4.78, 5) is 0. The number of nitrogens with zero attached hydrogens (tertiary/aromatic N) is 1. The van der Waals surface area contributed by atoms with Crippen LogP contribution in [0.15, 0.2) is 24.3 Å². The van der Waals surface area contributed by atoms with Crippen LogP contribution < -0.4 is 10.5 Å². The van der Waals surface area contributed by atoms with E-state index in [1.807, 2.05) is 24.3 Å². The maximum atomic E-state index is 11.2. The molecule has 0 unspecified atom stereocenters. The van der Waals surface area contributed by atoms with Gasteiger partial charge in [0.1, 0.15) is 0 Å². The standard InChI is InChI=1S/C11H15N3O2S/c12-6-5-10-1-3-11(4-2-10)9-14-17(15,16)8-7-13/h1-4,14H,5-6,8-9,12H2. The van der Waals surface area contributed by atoms with Gasteiger partial charge < -0.3 is 5.73 Å². The molecule has 0 radical (unpaired) electrons. The fourth-order valence-corrected chi connectivity index (χ4v) is 1.98. The van der Waals surface area contributed by atoms with Crippen LogP contribution in [0, 0.1) is 11.3 Å². The molecule has 17 heavy (non-hydrogen) atoms. The van der Waals surface area contributed by atoms with Gasteiger partial charge in [0.2, 0.25) is 10.0 Å². The van der Waals surface area contributed by atoms with Crippen LogP contribution in [0.5, 0.6) is 0 Å². The third-order valence-electron chi connectivity index (χ3n) is 2.21. The molecule has 0 atom stereocenters. The van der Waals surface area contributed by atoms with Crippen LogP contribution in [0.1, 0.15) is 11.1 Å². The van der Waals surface area contributed by atoms with E-state index >= 15 is 0 Å². The van der Waals surface area contributed by atoms with E-state index in [4.69, 9.17) is 11.0 Å². The number of benzene rings is 1. The first-order chi connectivity index (χ1) is 8.07. The van der Waals surface area contributed by atoms with E-state index in [1.54, 1.807) is 6.07 Å². The minimum absolute atomic E-state index is 0.201. The summed E-state index contributed by atoms with van der Waals surface area (Å²) in [5.41, 5.74) is 7.40. The number of rotatable bonds is 6. The average molecular weight is 253 g/mol. The van der Waals surface area contributed by atoms with Crippen molar-refractivity contribution in [2.75, 3.05) is 12.3 Å². The van der Waals surface area contributed by atoms with Crippen LogP contribution in [0.4, 0.5) is 0 Å². The molecular formula is C11H15N3O2S. The Balaban J connectivity index is 2.56. The second-order valence-corrected chi connectivity index (χ2v) is 5.40. The molecule has 0 spiro atoms. The lowest BCUT2D eigenvalue weighted by Gasteiger charge is -2.05. The minimum Gasteiger partial charge on any atom is -0.330 e. The number of hydrogen-bond acceptors (Lipinski definition) is 4. The lowest BCUT2D eigenvalue weighted by atomic mass is 10.1. The Kier molecular flexibility index (Phi) is 5.10. The quantitative estimate of drug-likeness (QED) is 0.753. The second kappa shape index (κ2) is 6.35. The van der Waals surface area contributed by atoms with Crippen LogP contribution in [-0.4, -0.2) is 20.7 Å². The van der Waals surface area contributed by atoms with E-state index in [9.17, 15) is 8.42 Å². The molecule has 1 rings (SSSR count). The van der Waals surface area contributed by atoms with Crippen molar-refractivity contribution >= 4 is 10.0 Å². The molecule has 6 heteroatoms. The smallest absolute Gasteiger partial charge is 0.225 e. The van der Waals surface area contributed by atoms with E-state index < -0.39 is 15.8 Å². The highest BCUT2D eigenvalue weighted by atomic mass is 32.2. The van der Waals surface area contributed by atoms with E-state index in [2.05, 4.69) is 4.72 Å². The average Bonchev–Trinajstić information content (AvgIpc) is 2.29. The van der Waals surface area contributed by atoms with Crippen molar-refractivity contribution in [3.8, 4) is 6.07 Å². The van der Waals surface area contributed by atoms with Crippen molar-refractivity contribution in [3.05, 3.63) is 35.4 Å². The highest BCUT2D eigenvalue weighted by molar-refractivity contribution is 7.89. The summed E-state index contributed by atoms with van der Waals surface area (Å²) < 4.78 is 24.8. The number of nitriles is 1. The third-order valence-corrected chi connectivity index (χ3v) is 3.30. The molecule has 1 aromatic rings. The molecule has 5 nitrogen and oxygen atoms in total. The van der Waals surface area contributed by atoms with Crippen LogP contribution in [0.25, 0.3) is 0 Å². The van der Waals surface area contributed by atoms with Gasteiger partial charge in [-0.3, -0.25) is 0 Å². The summed E-state index contributed by atoms with van der Waals surface area (Å²) >= 11 is 0. The van der Waals surface area contributed by atoms with Gasteiger partial charge in [0, 0.05) is 6.54 Å². The summed E-state index contributed by atoms with van der Waals surface area (Å²) in [6.45, 7) is 0.793. The van der Waals surface area contributed by atoms with Gasteiger partial charge >= 0.3 is 0 Å². The number of nitrogens with one attached hydrogen (secondary N) is 1. The van der Waals surface area contributed by atoms with Gasteiger partial charge in [0.05, 0.1) is 6.07 Å². The zero-order valence-corrected chi connectivity index (χ0v) is 10.2. The topological polar surface area (TPSA) is 96.0 Å². The summed E-state index contributed by atoms with van der Waals surface area (Å²) in [7, 11) is -3.48. The van der Waals surface area contributed by atoms with Gasteiger partial charge in [-0.2, -0.15) is 5.26 Å². The first-order valence-corrected chi connectivity index (χ1v) is 6.85. The van der Waals surface area contributed by atoms with E-state index in [1.165, 1.54) is 0 Å². The maximum absolute atomic E-state index is 11.2. The molecule has 0 saturated carbocycles. The molecule has 1 aromatic carbocycles. The van der Waals surface area contributed by atoms with Crippen molar-refractivity contribution in [2.24, 2.45) is 5.73 Å². The molecule has 0 fully saturated rings. The van der Waals surface area contributed by atoms with Gasteiger partial charge in [-0.25, -0.2) is 13.1 Å². The van der Waals surface area contributed by atoms with Gasteiger partial charge in [-0.15, -0.1) is 0 Å². The van der Waals surface area contributed by atoms with Crippen molar-refractivity contribution < 1.29 is 8.42 Å². The fraction of sp³-hybridized carbons (Fsp3) is 0.364. The maximum Gasteiger partial charge on any atom is 0.225 e. The van der Waals surface area contributed by atoms with Crippen molar-refractivity contribution in [3.63, 3.8) is 0 Å². The molecule has 0 aromatic heterocycles. The molecule has 0 heterocycles. The molecule has 0 bridgehead atoms. The number of nitrogens with two attached hydrogens (primary N) is 1. The van der Waals surface area contributed by atoms with Crippen molar-refractivity contribution in [1.82, 2.24) is 4.72 Å². The number of sulfonamides is 1. The van der Waals surface area contributed by atoms with Gasteiger partial charge in [0.15, 0.2) is 5.75 Å². The Morgan fingerprint density at radius 3 is 2.35 bits per heavy atom. The van der Waals surface area contributed by atoms with Crippen LogP contribution in [0.3, 0.4) is 0 Å². The predicted molar refractivity (Wildman–Crippen MR) is 65.4 cm³/mol. The molecule has 92 valence electrons. The molecule has 0 amide bonds. The lowest BCUT2D eigenvalue weighted by Crippen LogP contribution is -2.25. The molecule has 0 aliphatic heterocycles. The summed E-state index contributed by atoms with van der Waals surface area (Å²) in [6.07, 6.45) is 0.806. The molecular weight excluding hydrogens is 238 g/mol. The molecule has 0 aliphatic carbocycles. The monoisotopic (exact) mass is 253 g/mol. The fourth-order valence-electron chi connectivity index (χ4n) is 1.32. The Morgan fingerprint density at radius 2 is 1.82 bits per heavy atom. The van der Waals surface area contributed by atoms with E-state index in [0.717, 1.165) is 17.5 Å². The van der Waals surface area contributed by atoms with Crippen LogP contribution in [0.2, 0.25) is 0 Å². The summed E-state index contributed by atoms with van der Waals surface area (Å²) in [5, 5.41) is 8.31. The van der Waals surface area contributed by atoms with Crippen LogP contribution >= 0.6 is 0 Å². The normalized spacial score (nSPS) is 11.1. The summed E-state index contributed by atoms with van der Waals surface area (Å²) in [5.74, 6) is -0.516. The van der Waals surface area contributed by atoms with Gasteiger partial charge in [-0.1, -0.05) is 24.3 Å². The Morgan fingerprint density at radius 1 is 1.24 bits per heavy atom. The Bertz CT molecular complexity index is 488. The number of hydrogen-bond donors (Lipinski definition) is 2. The van der Waals surface area contributed by atoms with Gasteiger partial charge in [-0.05, 0) is 24.1 Å². The minimum atomic E-state index is -3.48. The largest absolute Gasteiger partial charge is 0.330 e. The first-order valence-electron chi connectivity index (χ1n) is 5.19. The second-order valence-electron chi connectivity index (χ2n) is 3.59. The zero-order valence-electron chi connectivity index (χ0n) is 9.39. The first kappa shape index (κ1) is 13.6. The van der Waals surface area contributed by atoms with E-state index in [-0.39, 0.29) is 6.54 Å². The lowest BCUT2D eigenvalue weighted by molar-refractivity contribution is 0.585.